The third-order valence-electron chi connectivity index (χ3n) is 3.68. The fourth-order valence-electron chi connectivity index (χ4n) is 2.56. The van der Waals surface area contributed by atoms with Gasteiger partial charge in [0.15, 0.2) is 0 Å². The third-order valence-corrected chi connectivity index (χ3v) is 3.68. The molecule has 6 nitrogen and oxygen atoms in total. The van der Waals surface area contributed by atoms with Crippen LogP contribution < -0.4 is 0 Å². The quantitative estimate of drug-likeness (QED) is 0.863. The number of phenols is 1. The molecule has 6 heteroatoms. The zero-order valence-electron chi connectivity index (χ0n) is 14.1. The van der Waals surface area contributed by atoms with Gasteiger partial charge in [-0.05, 0) is 39.8 Å². The second-order valence-electron chi connectivity index (χ2n) is 6.79. The number of hydrogen-bond acceptors (Lipinski definition) is 4. The van der Waals surface area contributed by atoms with Crippen LogP contribution in [0.15, 0.2) is 24.3 Å². The summed E-state index contributed by atoms with van der Waals surface area (Å²) in [5, 5.41) is 9.81. The van der Waals surface area contributed by atoms with Crippen LogP contribution in [-0.4, -0.2) is 58.2 Å². The summed E-state index contributed by atoms with van der Waals surface area (Å²) in [6, 6.07) is 6.34. The Hall–Kier alpha value is -2.24. The van der Waals surface area contributed by atoms with Crippen molar-refractivity contribution in [2.24, 2.45) is 0 Å². The molecular weight excluding hydrogens is 296 g/mol. The fraction of sp³-hybridized carbons (Fsp3) is 0.529. The van der Waals surface area contributed by atoms with Crippen molar-refractivity contribution in [3.63, 3.8) is 0 Å². The van der Waals surface area contributed by atoms with Crippen LogP contribution in [0.25, 0.3) is 0 Å². The minimum absolute atomic E-state index is 0.0280. The first kappa shape index (κ1) is 17.1. The first-order chi connectivity index (χ1) is 10.7. The van der Waals surface area contributed by atoms with Crippen molar-refractivity contribution in [1.29, 1.82) is 0 Å². The lowest BCUT2D eigenvalue weighted by atomic mass is 10.1. The van der Waals surface area contributed by atoms with Gasteiger partial charge >= 0.3 is 6.09 Å². The lowest BCUT2D eigenvalue weighted by molar-refractivity contribution is 0.00193. The maximum atomic E-state index is 12.5. The highest BCUT2D eigenvalue weighted by Gasteiger charge is 2.33. The summed E-state index contributed by atoms with van der Waals surface area (Å²) in [5.41, 5.74) is -0.259. The molecular formula is C17H24N2O4. The molecule has 0 spiro atoms. The number of rotatable bonds is 1. The minimum atomic E-state index is -0.542. The number of piperazine rings is 1. The maximum Gasteiger partial charge on any atom is 0.410 e. The summed E-state index contributed by atoms with van der Waals surface area (Å²) in [6.07, 6.45) is -0.361. The van der Waals surface area contributed by atoms with Crippen LogP contribution >= 0.6 is 0 Å². The predicted molar refractivity (Wildman–Crippen MR) is 86.4 cm³/mol. The highest BCUT2D eigenvalue weighted by Crippen LogP contribution is 2.21. The Morgan fingerprint density at radius 2 is 1.87 bits per heavy atom. The number of carbonyl (C=O) groups excluding carboxylic acids is 2. The first-order valence-corrected chi connectivity index (χ1v) is 7.76. The molecule has 1 aliphatic rings. The smallest absolute Gasteiger partial charge is 0.410 e. The number of carbonyl (C=O) groups is 2. The monoisotopic (exact) mass is 320 g/mol. The highest BCUT2D eigenvalue weighted by molar-refractivity contribution is 5.97. The molecule has 0 aliphatic carbocycles. The van der Waals surface area contributed by atoms with E-state index < -0.39 is 5.60 Å². The van der Waals surface area contributed by atoms with Crippen molar-refractivity contribution in [2.75, 3.05) is 19.6 Å². The zero-order valence-corrected chi connectivity index (χ0v) is 14.1. The van der Waals surface area contributed by atoms with Crippen LogP contribution in [0.3, 0.4) is 0 Å². The molecule has 0 bridgehead atoms. The van der Waals surface area contributed by atoms with E-state index >= 15 is 0 Å². The van der Waals surface area contributed by atoms with E-state index in [-0.39, 0.29) is 29.4 Å². The van der Waals surface area contributed by atoms with Gasteiger partial charge in [-0.25, -0.2) is 4.79 Å². The lowest BCUT2D eigenvalue weighted by Gasteiger charge is -2.40. The average molecular weight is 320 g/mol. The van der Waals surface area contributed by atoms with Crippen LogP contribution in [0.4, 0.5) is 4.79 Å². The van der Waals surface area contributed by atoms with Gasteiger partial charge in [0.2, 0.25) is 0 Å². The molecule has 23 heavy (non-hydrogen) atoms. The number of ether oxygens (including phenoxy) is 1. The molecule has 126 valence electrons. The second kappa shape index (κ2) is 6.48. The molecule has 1 fully saturated rings. The van der Waals surface area contributed by atoms with Gasteiger partial charge in [0.05, 0.1) is 5.56 Å². The Bertz CT molecular complexity index is 595. The molecule has 0 aromatic heterocycles. The van der Waals surface area contributed by atoms with Crippen molar-refractivity contribution in [3.8, 4) is 5.75 Å². The molecule has 1 saturated heterocycles. The van der Waals surface area contributed by atoms with Crippen LogP contribution in [0.5, 0.6) is 5.75 Å². The molecule has 0 saturated carbocycles. The van der Waals surface area contributed by atoms with Crippen molar-refractivity contribution in [1.82, 2.24) is 9.80 Å². The van der Waals surface area contributed by atoms with Gasteiger partial charge in [-0.2, -0.15) is 0 Å². The first-order valence-electron chi connectivity index (χ1n) is 7.76. The Kier molecular flexibility index (Phi) is 4.82. The van der Waals surface area contributed by atoms with E-state index in [1.165, 1.54) is 6.07 Å². The van der Waals surface area contributed by atoms with E-state index in [9.17, 15) is 14.7 Å². The number of phenolic OH excluding ortho intramolecular Hbond substituents is 1. The number of benzene rings is 1. The number of para-hydroxylation sites is 1. The van der Waals surface area contributed by atoms with Gasteiger partial charge in [0.25, 0.3) is 5.91 Å². The van der Waals surface area contributed by atoms with E-state index in [0.29, 0.717) is 19.6 Å². The number of hydrogen-bond donors (Lipinski definition) is 1. The molecule has 1 N–H and O–H groups in total. The van der Waals surface area contributed by atoms with E-state index in [2.05, 4.69) is 0 Å². The van der Waals surface area contributed by atoms with Gasteiger partial charge in [0.1, 0.15) is 11.4 Å². The Morgan fingerprint density at radius 3 is 2.43 bits per heavy atom. The van der Waals surface area contributed by atoms with Gasteiger partial charge < -0.3 is 19.6 Å². The van der Waals surface area contributed by atoms with Gasteiger partial charge in [-0.15, -0.1) is 0 Å². The summed E-state index contributed by atoms with van der Waals surface area (Å²) in [7, 11) is 0. The Morgan fingerprint density at radius 1 is 1.22 bits per heavy atom. The van der Waals surface area contributed by atoms with Crippen molar-refractivity contribution in [3.05, 3.63) is 29.8 Å². The zero-order chi connectivity index (χ0) is 17.2. The van der Waals surface area contributed by atoms with Crippen molar-refractivity contribution >= 4 is 12.0 Å². The predicted octanol–water partition coefficient (Wildman–Crippen LogP) is 2.47. The normalized spacial score (nSPS) is 18.7. The van der Waals surface area contributed by atoms with E-state index in [0.717, 1.165) is 0 Å². The summed E-state index contributed by atoms with van der Waals surface area (Å²) in [5.74, 6) is -0.251. The third kappa shape index (κ3) is 4.15. The van der Waals surface area contributed by atoms with E-state index in [1.54, 1.807) is 28.0 Å². The molecule has 1 heterocycles. The molecule has 1 aliphatic heterocycles. The van der Waals surface area contributed by atoms with Crippen LogP contribution in [-0.2, 0) is 4.74 Å². The molecule has 2 rings (SSSR count). The number of aromatic hydroxyl groups is 1. The summed E-state index contributed by atoms with van der Waals surface area (Å²) < 4.78 is 5.39. The maximum absolute atomic E-state index is 12.5. The van der Waals surface area contributed by atoms with Crippen LogP contribution in [0, 0.1) is 0 Å². The number of nitrogens with zero attached hydrogens (tertiary/aromatic N) is 2. The lowest BCUT2D eigenvalue weighted by Crippen LogP contribution is -2.56. The molecule has 0 unspecified atom stereocenters. The van der Waals surface area contributed by atoms with Crippen LogP contribution in [0.2, 0.25) is 0 Å². The van der Waals surface area contributed by atoms with E-state index in [1.807, 2.05) is 27.7 Å². The largest absolute Gasteiger partial charge is 0.507 e. The van der Waals surface area contributed by atoms with E-state index in [4.69, 9.17) is 4.74 Å². The molecule has 0 radical (unpaired) electrons. The highest BCUT2D eigenvalue weighted by atomic mass is 16.6. The SMILES string of the molecule is C[C@H]1CN(C(=O)c2ccccc2O)CCN1C(=O)OC(C)(C)C. The van der Waals surface area contributed by atoms with Crippen molar-refractivity contribution in [2.45, 2.75) is 39.3 Å². The number of amides is 2. The van der Waals surface area contributed by atoms with Crippen molar-refractivity contribution < 1.29 is 19.4 Å². The van der Waals surface area contributed by atoms with Crippen LogP contribution in [0.1, 0.15) is 38.1 Å². The van der Waals surface area contributed by atoms with Gasteiger partial charge in [0, 0.05) is 25.7 Å². The summed E-state index contributed by atoms with van der Waals surface area (Å²) in [6.45, 7) is 8.60. The standard InChI is InChI=1S/C17H24N2O4/c1-12-11-18(15(21)13-7-5-6-8-14(13)20)9-10-19(12)16(22)23-17(2,3)4/h5-8,12,20H,9-11H2,1-4H3/t12-/m0/s1. The van der Waals surface area contributed by atoms with Gasteiger partial charge in [-0.3, -0.25) is 4.79 Å². The minimum Gasteiger partial charge on any atom is -0.507 e. The second-order valence-corrected chi connectivity index (χ2v) is 6.79. The molecule has 2 amide bonds. The summed E-state index contributed by atoms with van der Waals surface area (Å²) >= 11 is 0. The Labute approximate surface area is 136 Å². The van der Waals surface area contributed by atoms with Gasteiger partial charge in [-0.1, -0.05) is 12.1 Å². The Balaban J connectivity index is 2.03. The molecule has 1 aromatic carbocycles. The topological polar surface area (TPSA) is 70.1 Å². The summed E-state index contributed by atoms with van der Waals surface area (Å²) in [4.78, 5) is 28.0. The average Bonchev–Trinajstić information content (AvgIpc) is 2.45. The fourth-order valence-corrected chi connectivity index (χ4v) is 2.56. The molecule has 1 aromatic rings. The molecule has 1 atom stereocenters.